The number of benzene rings is 2. The first kappa shape index (κ1) is 15.1. The van der Waals surface area contributed by atoms with E-state index in [1.54, 1.807) is 6.07 Å². The van der Waals surface area contributed by atoms with Gasteiger partial charge in [0, 0.05) is 12.5 Å². The van der Waals surface area contributed by atoms with Gasteiger partial charge in [0.05, 0.1) is 5.56 Å². The highest BCUT2D eigenvalue weighted by molar-refractivity contribution is 5.41. The second-order valence-corrected chi connectivity index (χ2v) is 5.90. The van der Waals surface area contributed by atoms with Gasteiger partial charge in [0.1, 0.15) is 0 Å². The molecule has 2 aromatic rings. The summed E-state index contributed by atoms with van der Waals surface area (Å²) in [6.45, 7) is 1.43. The van der Waals surface area contributed by atoms with Crippen molar-refractivity contribution in [2.24, 2.45) is 0 Å². The van der Waals surface area contributed by atoms with Crippen molar-refractivity contribution in [2.45, 2.75) is 25.1 Å². The van der Waals surface area contributed by atoms with Gasteiger partial charge in [-0.05, 0) is 48.8 Å². The SMILES string of the molecule is CN1CCC(c2ccccc2)c2ccc(C(F)(F)F)cc2C1. The molecule has 0 N–H and O–H groups in total. The minimum atomic E-state index is -4.29. The molecule has 0 spiro atoms. The number of nitrogens with zero attached hydrogens (tertiary/aromatic N) is 1. The monoisotopic (exact) mass is 305 g/mol. The Morgan fingerprint density at radius 1 is 1.05 bits per heavy atom. The van der Waals surface area contributed by atoms with E-state index >= 15 is 0 Å². The molecule has 0 amide bonds. The highest BCUT2D eigenvalue weighted by Crippen LogP contribution is 2.37. The first-order valence-electron chi connectivity index (χ1n) is 7.38. The molecule has 116 valence electrons. The smallest absolute Gasteiger partial charge is 0.302 e. The lowest BCUT2D eigenvalue weighted by Gasteiger charge is -2.19. The van der Waals surface area contributed by atoms with Gasteiger partial charge in [-0.2, -0.15) is 13.2 Å². The normalized spacial score (nSPS) is 19.5. The third-order valence-corrected chi connectivity index (χ3v) is 4.29. The molecule has 4 heteroatoms. The van der Waals surface area contributed by atoms with Gasteiger partial charge in [-0.25, -0.2) is 0 Å². The molecule has 22 heavy (non-hydrogen) atoms. The molecule has 0 radical (unpaired) electrons. The van der Waals surface area contributed by atoms with Crippen LogP contribution in [0.2, 0.25) is 0 Å². The van der Waals surface area contributed by atoms with Crippen molar-refractivity contribution in [2.75, 3.05) is 13.6 Å². The second kappa shape index (κ2) is 5.76. The van der Waals surface area contributed by atoms with Crippen molar-refractivity contribution in [1.29, 1.82) is 0 Å². The number of hydrogen-bond donors (Lipinski definition) is 0. The molecule has 1 aliphatic rings. The third kappa shape index (κ3) is 3.02. The summed E-state index contributed by atoms with van der Waals surface area (Å²) < 4.78 is 38.9. The van der Waals surface area contributed by atoms with Gasteiger partial charge in [-0.15, -0.1) is 0 Å². The van der Waals surface area contributed by atoms with Crippen LogP contribution in [0.4, 0.5) is 13.2 Å². The van der Waals surface area contributed by atoms with E-state index in [1.807, 2.05) is 25.2 Å². The van der Waals surface area contributed by atoms with Gasteiger partial charge < -0.3 is 4.90 Å². The fourth-order valence-corrected chi connectivity index (χ4v) is 3.17. The van der Waals surface area contributed by atoms with Gasteiger partial charge >= 0.3 is 6.18 Å². The molecule has 0 saturated carbocycles. The van der Waals surface area contributed by atoms with Gasteiger partial charge in [0.25, 0.3) is 0 Å². The van der Waals surface area contributed by atoms with E-state index < -0.39 is 11.7 Å². The van der Waals surface area contributed by atoms with E-state index in [-0.39, 0.29) is 5.92 Å². The Morgan fingerprint density at radius 3 is 2.45 bits per heavy atom. The molecular weight excluding hydrogens is 287 g/mol. The molecule has 0 aromatic heterocycles. The maximum absolute atomic E-state index is 13.0. The topological polar surface area (TPSA) is 3.24 Å². The van der Waals surface area contributed by atoms with Crippen LogP contribution in [0.3, 0.4) is 0 Å². The van der Waals surface area contributed by atoms with Crippen LogP contribution in [0.15, 0.2) is 48.5 Å². The first-order chi connectivity index (χ1) is 10.4. The highest BCUT2D eigenvalue weighted by atomic mass is 19.4. The predicted octanol–water partition coefficient (Wildman–Crippen LogP) is 4.67. The fourth-order valence-electron chi connectivity index (χ4n) is 3.17. The molecule has 1 unspecified atom stereocenters. The zero-order chi connectivity index (χ0) is 15.7. The van der Waals surface area contributed by atoms with E-state index in [0.29, 0.717) is 6.54 Å². The lowest BCUT2D eigenvalue weighted by molar-refractivity contribution is -0.137. The quantitative estimate of drug-likeness (QED) is 0.740. The molecule has 2 aromatic carbocycles. The number of hydrogen-bond acceptors (Lipinski definition) is 1. The highest BCUT2D eigenvalue weighted by Gasteiger charge is 2.32. The Bertz CT molecular complexity index is 649. The van der Waals surface area contributed by atoms with Gasteiger partial charge in [-0.1, -0.05) is 36.4 Å². The van der Waals surface area contributed by atoms with Crippen LogP contribution in [-0.2, 0) is 12.7 Å². The molecule has 3 rings (SSSR count). The first-order valence-corrected chi connectivity index (χ1v) is 7.38. The van der Waals surface area contributed by atoms with Crippen molar-refractivity contribution in [1.82, 2.24) is 4.90 Å². The molecule has 1 nitrogen and oxygen atoms in total. The van der Waals surface area contributed by atoms with Gasteiger partial charge in [0.15, 0.2) is 0 Å². The summed E-state index contributed by atoms with van der Waals surface area (Å²) in [5.74, 6) is 0.156. The molecular formula is C18H18F3N. The summed E-state index contributed by atoms with van der Waals surface area (Å²) in [6.07, 6.45) is -3.37. The standard InChI is InChI=1S/C18H18F3N/c1-22-10-9-17(13-5-3-2-4-6-13)16-8-7-15(18(19,20)21)11-14(16)12-22/h2-8,11,17H,9-10,12H2,1H3. The van der Waals surface area contributed by atoms with E-state index in [0.717, 1.165) is 24.1 Å². The van der Waals surface area contributed by atoms with Crippen LogP contribution in [0.1, 0.15) is 34.6 Å². The van der Waals surface area contributed by atoms with Crippen LogP contribution < -0.4 is 0 Å². The summed E-state index contributed by atoms with van der Waals surface area (Å²) in [5, 5.41) is 0. The summed E-state index contributed by atoms with van der Waals surface area (Å²) >= 11 is 0. The fraction of sp³-hybridized carbons (Fsp3) is 0.333. The van der Waals surface area contributed by atoms with E-state index in [4.69, 9.17) is 0 Å². The Morgan fingerprint density at radius 2 is 1.77 bits per heavy atom. The third-order valence-electron chi connectivity index (χ3n) is 4.29. The Kier molecular flexibility index (Phi) is 3.96. The van der Waals surface area contributed by atoms with Crippen LogP contribution in [-0.4, -0.2) is 18.5 Å². The molecule has 0 fully saturated rings. The van der Waals surface area contributed by atoms with Crippen LogP contribution in [0.25, 0.3) is 0 Å². The minimum Gasteiger partial charge on any atom is -0.302 e. The van der Waals surface area contributed by atoms with Crippen LogP contribution in [0.5, 0.6) is 0 Å². The Labute approximate surface area is 128 Å². The average Bonchev–Trinajstić information content (AvgIpc) is 2.64. The predicted molar refractivity (Wildman–Crippen MR) is 80.7 cm³/mol. The number of halogens is 3. The zero-order valence-electron chi connectivity index (χ0n) is 12.4. The maximum atomic E-state index is 13.0. The molecule has 0 aliphatic carbocycles. The minimum absolute atomic E-state index is 0.156. The largest absolute Gasteiger partial charge is 0.416 e. The van der Waals surface area contributed by atoms with Crippen LogP contribution in [0, 0.1) is 0 Å². The summed E-state index contributed by atoms with van der Waals surface area (Å²) in [6, 6.07) is 14.2. The molecule has 1 aliphatic heterocycles. The number of rotatable bonds is 1. The second-order valence-electron chi connectivity index (χ2n) is 5.90. The van der Waals surface area contributed by atoms with Gasteiger partial charge in [-0.3, -0.25) is 0 Å². The van der Waals surface area contributed by atoms with Crippen LogP contribution >= 0.6 is 0 Å². The zero-order valence-corrected chi connectivity index (χ0v) is 12.4. The van der Waals surface area contributed by atoms with Crippen molar-refractivity contribution in [3.63, 3.8) is 0 Å². The molecule has 0 saturated heterocycles. The average molecular weight is 305 g/mol. The van der Waals surface area contributed by atoms with E-state index in [1.165, 1.54) is 17.7 Å². The molecule has 1 atom stereocenters. The van der Waals surface area contributed by atoms with Gasteiger partial charge in [0.2, 0.25) is 0 Å². The van der Waals surface area contributed by atoms with Crippen molar-refractivity contribution < 1.29 is 13.2 Å². The number of alkyl halides is 3. The Balaban J connectivity index is 2.07. The van der Waals surface area contributed by atoms with Crippen molar-refractivity contribution in [3.8, 4) is 0 Å². The van der Waals surface area contributed by atoms with E-state index in [2.05, 4.69) is 17.0 Å². The number of fused-ring (bicyclic) bond motifs is 1. The van der Waals surface area contributed by atoms with Crippen molar-refractivity contribution in [3.05, 3.63) is 70.8 Å². The lowest BCUT2D eigenvalue weighted by Crippen LogP contribution is -2.17. The maximum Gasteiger partial charge on any atom is 0.416 e. The summed E-state index contributed by atoms with van der Waals surface area (Å²) in [4.78, 5) is 2.09. The van der Waals surface area contributed by atoms with E-state index in [9.17, 15) is 13.2 Å². The Hall–Kier alpha value is -1.81. The van der Waals surface area contributed by atoms with Crippen molar-refractivity contribution >= 4 is 0 Å². The summed E-state index contributed by atoms with van der Waals surface area (Å²) in [7, 11) is 1.96. The molecule has 0 bridgehead atoms. The summed E-state index contributed by atoms with van der Waals surface area (Å²) in [5.41, 5.74) is 2.40. The molecule has 1 heterocycles. The lowest BCUT2D eigenvalue weighted by atomic mass is 9.86.